The molecule has 0 aliphatic rings. The Bertz CT molecular complexity index is 1400. The minimum absolute atomic E-state index is 0.0183. The summed E-state index contributed by atoms with van der Waals surface area (Å²) in [5.41, 5.74) is 1.03. The minimum Gasteiger partial charge on any atom is -0.497 e. The highest BCUT2D eigenvalue weighted by Gasteiger charge is 2.32. The van der Waals surface area contributed by atoms with Gasteiger partial charge in [-0.05, 0) is 87.0 Å². The second-order valence-corrected chi connectivity index (χ2v) is 12.4. The van der Waals surface area contributed by atoms with Crippen molar-refractivity contribution in [2.45, 2.75) is 44.3 Å². The molecule has 0 fully saturated rings. The van der Waals surface area contributed by atoms with Crippen LogP contribution in [0, 0.1) is 0 Å². The van der Waals surface area contributed by atoms with Gasteiger partial charge < -0.3 is 15.0 Å². The molecule has 0 heterocycles. The summed E-state index contributed by atoms with van der Waals surface area (Å²) >= 11 is 9.49. The van der Waals surface area contributed by atoms with Gasteiger partial charge in [-0.1, -0.05) is 39.7 Å². The standard InChI is InChI=1S/C28H31BrClN3O5S/c1-19(2)31-28(35)20(3)32(17-21-6-5-7-22(29)16-21)27(34)18-33(24-10-8-23(30)9-11-24)39(36,37)26-14-12-25(38-4)13-15-26/h5-16,19-20H,17-18H2,1-4H3,(H,31,35)/t20-/m1/s1. The summed E-state index contributed by atoms with van der Waals surface area (Å²) in [7, 11) is -2.70. The van der Waals surface area contributed by atoms with E-state index < -0.39 is 28.5 Å². The Hall–Kier alpha value is -3.08. The fraction of sp³-hybridized carbons (Fsp3) is 0.286. The van der Waals surface area contributed by atoms with Gasteiger partial charge in [0.25, 0.3) is 10.0 Å². The lowest BCUT2D eigenvalue weighted by Gasteiger charge is -2.32. The van der Waals surface area contributed by atoms with Crippen molar-refractivity contribution in [2.75, 3.05) is 18.0 Å². The normalized spacial score (nSPS) is 12.1. The molecule has 39 heavy (non-hydrogen) atoms. The van der Waals surface area contributed by atoms with Crippen molar-refractivity contribution >= 4 is 55.1 Å². The fourth-order valence-electron chi connectivity index (χ4n) is 3.83. The van der Waals surface area contributed by atoms with E-state index in [0.717, 1.165) is 14.3 Å². The molecule has 0 saturated carbocycles. The molecular formula is C28H31BrClN3O5S. The molecule has 0 aromatic heterocycles. The predicted octanol–water partition coefficient (Wildman–Crippen LogP) is 5.25. The molecular weight excluding hydrogens is 606 g/mol. The Morgan fingerprint density at radius 3 is 2.21 bits per heavy atom. The maximum absolute atomic E-state index is 13.9. The van der Waals surface area contributed by atoms with E-state index in [1.165, 1.54) is 48.4 Å². The smallest absolute Gasteiger partial charge is 0.264 e. The monoisotopic (exact) mass is 635 g/mol. The Kier molecular flexibility index (Phi) is 10.4. The van der Waals surface area contributed by atoms with Gasteiger partial charge in [-0.3, -0.25) is 13.9 Å². The summed E-state index contributed by atoms with van der Waals surface area (Å²) in [5, 5.41) is 3.25. The van der Waals surface area contributed by atoms with Gasteiger partial charge in [-0.15, -0.1) is 0 Å². The van der Waals surface area contributed by atoms with Crippen molar-refractivity contribution < 1.29 is 22.7 Å². The molecule has 3 aromatic rings. The van der Waals surface area contributed by atoms with Crippen LogP contribution in [-0.4, -0.2) is 50.9 Å². The van der Waals surface area contributed by atoms with E-state index in [0.29, 0.717) is 10.8 Å². The molecule has 0 saturated heterocycles. The molecule has 0 aliphatic heterocycles. The van der Waals surface area contributed by atoms with E-state index in [9.17, 15) is 18.0 Å². The van der Waals surface area contributed by atoms with Crippen molar-refractivity contribution in [1.29, 1.82) is 0 Å². The van der Waals surface area contributed by atoms with Crippen molar-refractivity contribution in [3.8, 4) is 5.75 Å². The average Bonchev–Trinajstić information content (AvgIpc) is 2.90. The summed E-state index contributed by atoms with van der Waals surface area (Å²) in [5.74, 6) is -0.397. The molecule has 0 radical (unpaired) electrons. The number of nitrogens with one attached hydrogen (secondary N) is 1. The zero-order valence-electron chi connectivity index (χ0n) is 22.1. The highest BCUT2D eigenvalue weighted by atomic mass is 79.9. The lowest BCUT2D eigenvalue weighted by molar-refractivity contribution is -0.139. The van der Waals surface area contributed by atoms with Crippen LogP contribution < -0.4 is 14.4 Å². The Balaban J connectivity index is 2.03. The van der Waals surface area contributed by atoms with Crippen molar-refractivity contribution in [3.05, 3.63) is 87.9 Å². The van der Waals surface area contributed by atoms with Crippen LogP contribution in [0.5, 0.6) is 5.75 Å². The van der Waals surface area contributed by atoms with Crippen LogP contribution in [0.3, 0.4) is 0 Å². The number of nitrogens with zero attached hydrogens (tertiary/aromatic N) is 2. The van der Waals surface area contributed by atoms with Crippen LogP contribution >= 0.6 is 27.5 Å². The van der Waals surface area contributed by atoms with E-state index in [-0.39, 0.29) is 29.1 Å². The Labute approximate surface area is 243 Å². The number of methoxy groups -OCH3 is 1. The molecule has 0 unspecified atom stereocenters. The summed E-state index contributed by atoms with van der Waals surface area (Å²) < 4.78 is 34.6. The number of anilines is 1. The van der Waals surface area contributed by atoms with Crippen LogP contribution in [-0.2, 0) is 26.2 Å². The van der Waals surface area contributed by atoms with E-state index in [1.807, 2.05) is 38.1 Å². The number of hydrogen-bond acceptors (Lipinski definition) is 5. The van der Waals surface area contributed by atoms with Gasteiger partial charge in [0.15, 0.2) is 0 Å². The van der Waals surface area contributed by atoms with Crippen molar-refractivity contribution in [3.63, 3.8) is 0 Å². The van der Waals surface area contributed by atoms with Gasteiger partial charge in [-0.25, -0.2) is 8.42 Å². The Morgan fingerprint density at radius 2 is 1.64 bits per heavy atom. The van der Waals surface area contributed by atoms with E-state index >= 15 is 0 Å². The molecule has 3 aromatic carbocycles. The first-order valence-electron chi connectivity index (χ1n) is 12.2. The zero-order chi connectivity index (χ0) is 28.7. The highest BCUT2D eigenvalue weighted by Crippen LogP contribution is 2.27. The fourth-order valence-corrected chi connectivity index (χ4v) is 5.82. The maximum atomic E-state index is 13.9. The lowest BCUT2D eigenvalue weighted by atomic mass is 10.1. The van der Waals surface area contributed by atoms with Crippen LogP contribution in [0.25, 0.3) is 0 Å². The number of halogens is 2. The topological polar surface area (TPSA) is 96.0 Å². The second-order valence-electron chi connectivity index (χ2n) is 9.15. The molecule has 208 valence electrons. The van der Waals surface area contributed by atoms with Crippen molar-refractivity contribution in [2.24, 2.45) is 0 Å². The molecule has 1 atom stereocenters. The molecule has 2 amide bonds. The number of sulfonamides is 1. The summed E-state index contributed by atoms with van der Waals surface area (Å²) in [6.45, 7) is 4.84. The van der Waals surface area contributed by atoms with Gasteiger partial charge in [0.1, 0.15) is 18.3 Å². The highest BCUT2D eigenvalue weighted by molar-refractivity contribution is 9.10. The first kappa shape index (κ1) is 30.5. The van der Waals surface area contributed by atoms with Gasteiger partial charge in [0.05, 0.1) is 17.7 Å². The van der Waals surface area contributed by atoms with Gasteiger partial charge >= 0.3 is 0 Å². The number of benzene rings is 3. The second kappa shape index (κ2) is 13.3. The average molecular weight is 637 g/mol. The quantitative estimate of drug-likeness (QED) is 0.310. The minimum atomic E-state index is -4.19. The number of carbonyl (C=O) groups excluding carboxylic acids is 2. The number of ether oxygens (including phenoxy) is 1. The third kappa shape index (κ3) is 7.97. The summed E-state index contributed by atoms with van der Waals surface area (Å²) in [6.07, 6.45) is 0. The first-order valence-corrected chi connectivity index (χ1v) is 14.8. The van der Waals surface area contributed by atoms with Crippen LogP contribution in [0.15, 0.2) is 82.2 Å². The number of amides is 2. The summed E-state index contributed by atoms with van der Waals surface area (Å²) in [4.78, 5) is 28.2. The number of hydrogen-bond donors (Lipinski definition) is 1. The molecule has 0 spiro atoms. The molecule has 1 N–H and O–H groups in total. The van der Waals surface area contributed by atoms with E-state index in [4.69, 9.17) is 16.3 Å². The largest absolute Gasteiger partial charge is 0.497 e. The lowest BCUT2D eigenvalue weighted by Crippen LogP contribution is -2.52. The van der Waals surface area contributed by atoms with Crippen LogP contribution in [0.4, 0.5) is 5.69 Å². The SMILES string of the molecule is COc1ccc(S(=O)(=O)N(CC(=O)N(Cc2cccc(Br)c2)[C@H](C)C(=O)NC(C)C)c2ccc(Cl)cc2)cc1. The summed E-state index contributed by atoms with van der Waals surface area (Å²) in [6, 6.07) is 18.4. The van der Waals surface area contributed by atoms with Gasteiger partial charge in [0.2, 0.25) is 11.8 Å². The molecule has 0 aliphatic carbocycles. The number of carbonyl (C=O) groups is 2. The number of rotatable bonds is 11. The van der Waals surface area contributed by atoms with Crippen LogP contribution in [0.1, 0.15) is 26.3 Å². The first-order chi connectivity index (χ1) is 18.4. The molecule has 8 nitrogen and oxygen atoms in total. The van der Waals surface area contributed by atoms with Crippen molar-refractivity contribution in [1.82, 2.24) is 10.2 Å². The maximum Gasteiger partial charge on any atom is 0.264 e. The van der Waals surface area contributed by atoms with Gasteiger partial charge in [-0.2, -0.15) is 0 Å². The zero-order valence-corrected chi connectivity index (χ0v) is 25.3. The van der Waals surface area contributed by atoms with E-state index in [2.05, 4.69) is 21.2 Å². The van der Waals surface area contributed by atoms with Gasteiger partial charge in [0, 0.05) is 22.1 Å². The Morgan fingerprint density at radius 1 is 1.00 bits per heavy atom. The molecule has 3 rings (SSSR count). The molecule has 11 heteroatoms. The van der Waals surface area contributed by atoms with Crippen LogP contribution in [0.2, 0.25) is 5.02 Å². The molecule has 0 bridgehead atoms. The third-order valence-electron chi connectivity index (χ3n) is 5.88. The third-order valence-corrected chi connectivity index (χ3v) is 8.41. The van der Waals surface area contributed by atoms with E-state index in [1.54, 1.807) is 19.1 Å². The predicted molar refractivity (Wildman–Crippen MR) is 156 cm³/mol.